The normalized spacial score (nSPS) is 11.9. The van der Waals surface area contributed by atoms with Crippen LogP contribution in [0.3, 0.4) is 0 Å². The average Bonchev–Trinajstić information content (AvgIpc) is 3.69. The summed E-state index contributed by atoms with van der Waals surface area (Å²) in [7, 11) is 0. The van der Waals surface area contributed by atoms with Gasteiger partial charge in [0.15, 0.2) is 17.5 Å². The Morgan fingerprint density at radius 2 is 1.02 bits per heavy atom. The largest absolute Gasteiger partial charge is 0.455 e. The minimum absolute atomic E-state index is 0.586. The Morgan fingerprint density at radius 1 is 0.457 bits per heavy atom. The monoisotopic (exact) mass is 605 g/mol. The zero-order valence-electron chi connectivity index (χ0n) is 24.4. The molecule has 0 fully saturated rings. The van der Waals surface area contributed by atoms with Gasteiger partial charge in [0.2, 0.25) is 0 Å². The van der Waals surface area contributed by atoms with Gasteiger partial charge in [-0.2, -0.15) is 0 Å². The molecule has 0 aliphatic carbocycles. The van der Waals surface area contributed by atoms with Crippen LogP contribution in [-0.4, -0.2) is 15.0 Å². The summed E-state index contributed by atoms with van der Waals surface area (Å²) < 4.78 is 9.11. The number of rotatable bonds is 3. The summed E-state index contributed by atoms with van der Waals surface area (Å²) in [5, 5.41) is 9.21. The second-order valence-corrected chi connectivity index (χ2v) is 12.7. The molecule has 0 saturated heterocycles. The van der Waals surface area contributed by atoms with E-state index >= 15 is 0 Å². The molecule has 0 aliphatic heterocycles. The van der Waals surface area contributed by atoms with Crippen molar-refractivity contribution in [2.24, 2.45) is 0 Å². The number of fused-ring (bicyclic) bond motifs is 9. The van der Waals surface area contributed by atoms with Gasteiger partial charge in [-0.15, -0.1) is 11.3 Å². The second kappa shape index (κ2) is 9.80. The van der Waals surface area contributed by atoms with Crippen molar-refractivity contribution in [1.29, 1.82) is 0 Å². The van der Waals surface area contributed by atoms with Crippen LogP contribution in [0.2, 0.25) is 0 Å². The Balaban J connectivity index is 1.30. The first-order valence-electron chi connectivity index (χ1n) is 15.3. The van der Waals surface area contributed by atoms with E-state index in [-0.39, 0.29) is 0 Å². The van der Waals surface area contributed by atoms with Crippen molar-refractivity contribution in [2.45, 2.75) is 0 Å². The zero-order chi connectivity index (χ0) is 30.2. The maximum absolute atomic E-state index is 6.65. The SMILES string of the molecule is c1ccc2cc(-c3nc(-c4ccc5ccccc5c4)nc(-c4cc5c6ccccc6sc5c5c4oc4ccccc45)n3)ccc2c1. The molecular weight excluding hydrogens is 583 g/mol. The molecule has 0 atom stereocenters. The molecule has 5 heteroatoms. The predicted octanol–water partition coefficient (Wildman–Crippen LogP) is 11.4. The van der Waals surface area contributed by atoms with Crippen LogP contribution >= 0.6 is 11.3 Å². The highest BCUT2D eigenvalue weighted by atomic mass is 32.1. The van der Waals surface area contributed by atoms with Crippen LogP contribution in [0.25, 0.3) is 97.8 Å². The molecule has 0 unspecified atom stereocenters. The molecular formula is C41H23N3OS. The number of hydrogen-bond acceptors (Lipinski definition) is 5. The lowest BCUT2D eigenvalue weighted by Gasteiger charge is -2.10. The number of furan rings is 1. The minimum Gasteiger partial charge on any atom is -0.455 e. The summed E-state index contributed by atoms with van der Waals surface area (Å²) in [6, 6.07) is 48.6. The van der Waals surface area contributed by atoms with E-state index in [9.17, 15) is 0 Å². The van der Waals surface area contributed by atoms with Crippen LogP contribution in [-0.2, 0) is 0 Å². The van der Waals surface area contributed by atoms with Gasteiger partial charge in [0.1, 0.15) is 11.2 Å². The smallest absolute Gasteiger partial charge is 0.167 e. The van der Waals surface area contributed by atoms with Crippen LogP contribution in [0.5, 0.6) is 0 Å². The third-order valence-electron chi connectivity index (χ3n) is 8.88. The van der Waals surface area contributed by atoms with Gasteiger partial charge < -0.3 is 4.42 Å². The van der Waals surface area contributed by atoms with Crippen molar-refractivity contribution < 1.29 is 4.42 Å². The highest BCUT2D eigenvalue weighted by Crippen LogP contribution is 2.46. The van der Waals surface area contributed by atoms with Gasteiger partial charge in [-0.1, -0.05) is 109 Å². The van der Waals surface area contributed by atoms with E-state index in [0.29, 0.717) is 17.5 Å². The summed E-state index contributed by atoms with van der Waals surface area (Å²) in [6.07, 6.45) is 0. The molecule has 0 spiro atoms. The van der Waals surface area contributed by atoms with E-state index in [0.717, 1.165) is 49.4 Å². The number of para-hydroxylation sites is 1. The molecule has 4 nitrogen and oxygen atoms in total. The molecule has 0 aliphatic rings. The van der Waals surface area contributed by atoms with E-state index in [4.69, 9.17) is 19.4 Å². The molecule has 3 aromatic heterocycles. The second-order valence-electron chi connectivity index (χ2n) is 11.6. The fraction of sp³-hybridized carbons (Fsp3) is 0. The first kappa shape index (κ1) is 25.4. The van der Waals surface area contributed by atoms with Crippen molar-refractivity contribution in [3.63, 3.8) is 0 Å². The molecule has 7 aromatic carbocycles. The molecule has 10 rings (SSSR count). The summed E-state index contributed by atoms with van der Waals surface area (Å²) in [4.78, 5) is 15.4. The van der Waals surface area contributed by atoms with E-state index in [2.05, 4.69) is 127 Å². The number of benzene rings is 7. The Bertz CT molecular complexity index is 2730. The lowest BCUT2D eigenvalue weighted by Crippen LogP contribution is -2.00. The standard InChI is InChI=1S/C41H23N3OS/c1-3-11-26-21-28(19-17-24(26)9-1)39-42-40(29-20-18-25-10-2-4-12-27(25)22-29)44-41(43-39)33-23-32-30-13-6-8-16-35(30)46-38(32)36-31-14-5-7-15-34(31)45-37(33)36/h1-23H. The highest BCUT2D eigenvalue weighted by Gasteiger charge is 2.22. The van der Waals surface area contributed by atoms with Gasteiger partial charge >= 0.3 is 0 Å². The molecule has 214 valence electrons. The quantitative estimate of drug-likeness (QED) is 0.201. The van der Waals surface area contributed by atoms with E-state index < -0.39 is 0 Å². The molecule has 0 radical (unpaired) electrons. The third-order valence-corrected chi connectivity index (χ3v) is 10.1. The molecule has 0 N–H and O–H groups in total. The van der Waals surface area contributed by atoms with Gasteiger partial charge in [-0.3, -0.25) is 0 Å². The van der Waals surface area contributed by atoms with Gasteiger partial charge in [0.05, 0.1) is 5.56 Å². The van der Waals surface area contributed by atoms with Crippen LogP contribution < -0.4 is 0 Å². The fourth-order valence-electron chi connectivity index (χ4n) is 6.64. The summed E-state index contributed by atoms with van der Waals surface area (Å²) in [6.45, 7) is 0. The van der Waals surface area contributed by atoms with Crippen LogP contribution in [0, 0.1) is 0 Å². The lowest BCUT2D eigenvalue weighted by atomic mass is 10.0. The van der Waals surface area contributed by atoms with Gasteiger partial charge in [-0.25, -0.2) is 15.0 Å². The van der Waals surface area contributed by atoms with E-state index in [1.165, 1.54) is 30.9 Å². The average molecular weight is 606 g/mol. The lowest BCUT2D eigenvalue weighted by molar-refractivity contribution is 0.670. The molecule has 10 aromatic rings. The fourth-order valence-corrected chi connectivity index (χ4v) is 7.88. The number of hydrogen-bond donors (Lipinski definition) is 0. The third kappa shape index (κ3) is 3.89. The molecule has 0 bridgehead atoms. The van der Waals surface area contributed by atoms with Gasteiger partial charge in [0, 0.05) is 42.1 Å². The highest BCUT2D eigenvalue weighted by molar-refractivity contribution is 7.26. The van der Waals surface area contributed by atoms with Crippen LogP contribution in [0.15, 0.2) is 144 Å². The Hall–Kier alpha value is -5.91. The molecule has 3 heterocycles. The summed E-state index contributed by atoms with van der Waals surface area (Å²) in [5.74, 6) is 1.83. The first-order chi connectivity index (χ1) is 22.8. The van der Waals surface area contributed by atoms with Gasteiger partial charge in [-0.05, 0) is 51.9 Å². The van der Waals surface area contributed by atoms with E-state index in [1.54, 1.807) is 11.3 Å². The number of thiophene rings is 1. The Kier molecular flexibility index (Phi) is 5.41. The van der Waals surface area contributed by atoms with Crippen LogP contribution in [0.1, 0.15) is 0 Å². The number of nitrogens with zero attached hydrogens (tertiary/aromatic N) is 3. The maximum atomic E-state index is 6.65. The number of aromatic nitrogens is 3. The Morgan fingerprint density at radius 3 is 1.72 bits per heavy atom. The maximum Gasteiger partial charge on any atom is 0.167 e. The Labute approximate surface area is 267 Å². The summed E-state index contributed by atoms with van der Waals surface area (Å²) in [5.41, 5.74) is 4.37. The van der Waals surface area contributed by atoms with Crippen molar-refractivity contribution in [3.8, 4) is 34.2 Å². The first-order valence-corrected chi connectivity index (χ1v) is 16.1. The van der Waals surface area contributed by atoms with Crippen molar-refractivity contribution in [1.82, 2.24) is 15.0 Å². The van der Waals surface area contributed by atoms with Crippen molar-refractivity contribution in [2.75, 3.05) is 0 Å². The van der Waals surface area contributed by atoms with Crippen LogP contribution in [0.4, 0.5) is 0 Å². The van der Waals surface area contributed by atoms with Crippen molar-refractivity contribution in [3.05, 3.63) is 140 Å². The summed E-state index contributed by atoms with van der Waals surface area (Å²) >= 11 is 1.80. The van der Waals surface area contributed by atoms with Crippen molar-refractivity contribution >= 4 is 75.0 Å². The van der Waals surface area contributed by atoms with Gasteiger partial charge in [0.25, 0.3) is 0 Å². The topological polar surface area (TPSA) is 51.8 Å². The zero-order valence-corrected chi connectivity index (χ0v) is 25.3. The molecule has 46 heavy (non-hydrogen) atoms. The van der Waals surface area contributed by atoms with E-state index in [1.807, 2.05) is 12.1 Å². The molecule has 0 saturated carbocycles. The minimum atomic E-state index is 0.586. The predicted molar refractivity (Wildman–Crippen MR) is 191 cm³/mol. The molecule has 0 amide bonds.